The molecule has 7 heteroatoms. The molecule has 15 heavy (non-hydrogen) atoms. The van der Waals surface area contributed by atoms with E-state index in [-0.39, 0.29) is 0 Å². The minimum absolute atomic E-state index is 0.790. The second-order valence-corrected chi connectivity index (χ2v) is 4.21. The van der Waals surface area contributed by atoms with Crippen LogP contribution in [0.4, 0.5) is 0 Å². The molecule has 1 aliphatic rings. The van der Waals surface area contributed by atoms with Crippen molar-refractivity contribution in [3.8, 4) is 10.7 Å². The van der Waals surface area contributed by atoms with Gasteiger partial charge in [0.1, 0.15) is 10.7 Å². The molecule has 0 bridgehead atoms. The zero-order valence-electron chi connectivity index (χ0n) is 8.27. The van der Waals surface area contributed by atoms with Gasteiger partial charge in [-0.15, -0.1) is 15.3 Å². The van der Waals surface area contributed by atoms with Gasteiger partial charge in [0.2, 0.25) is 0 Å². The lowest BCUT2D eigenvalue weighted by atomic mass is 10.3. The predicted molar refractivity (Wildman–Crippen MR) is 55.4 cm³/mol. The summed E-state index contributed by atoms with van der Waals surface area (Å²) in [6.07, 6.45) is 0. The van der Waals surface area contributed by atoms with Crippen LogP contribution in [0.25, 0.3) is 10.7 Å². The normalized spacial score (nSPS) is 15.3. The van der Waals surface area contributed by atoms with E-state index >= 15 is 0 Å². The summed E-state index contributed by atoms with van der Waals surface area (Å²) >= 11 is 1.38. The van der Waals surface area contributed by atoms with Crippen molar-refractivity contribution in [1.29, 1.82) is 0 Å². The van der Waals surface area contributed by atoms with Gasteiger partial charge in [-0.25, -0.2) is 0 Å². The molecule has 0 saturated heterocycles. The fourth-order valence-electron chi connectivity index (χ4n) is 1.70. The number of hydrogen-bond donors (Lipinski definition) is 1. The number of aromatic nitrogens is 5. The van der Waals surface area contributed by atoms with Crippen LogP contribution in [0, 0.1) is 6.92 Å². The summed E-state index contributed by atoms with van der Waals surface area (Å²) in [5, 5.41) is 15.6. The fourth-order valence-corrected chi connectivity index (χ4v) is 2.35. The first-order valence-electron chi connectivity index (χ1n) is 4.78. The topological polar surface area (TPSA) is 68.5 Å². The van der Waals surface area contributed by atoms with E-state index in [9.17, 15) is 0 Å². The highest BCUT2D eigenvalue weighted by molar-refractivity contribution is 7.09. The van der Waals surface area contributed by atoms with Gasteiger partial charge in [-0.05, 0) is 18.5 Å². The zero-order chi connectivity index (χ0) is 10.3. The quantitative estimate of drug-likeness (QED) is 0.747. The van der Waals surface area contributed by atoms with Crippen molar-refractivity contribution in [2.24, 2.45) is 0 Å². The smallest absolute Gasteiger partial charge is 0.177 e. The van der Waals surface area contributed by atoms with E-state index in [0.29, 0.717) is 0 Å². The van der Waals surface area contributed by atoms with Crippen LogP contribution in [0.5, 0.6) is 0 Å². The molecule has 0 radical (unpaired) electrons. The molecule has 0 fully saturated rings. The van der Waals surface area contributed by atoms with Crippen molar-refractivity contribution in [1.82, 2.24) is 29.7 Å². The lowest BCUT2D eigenvalue weighted by Gasteiger charge is -2.15. The van der Waals surface area contributed by atoms with Gasteiger partial charge in [0.25, 0.3) is 0 Å². The number of aryl methyl sites for hydroxylation is 1. The molecule has 0 aliphatic carbocycles. The largest absolute Gasteiger partial charge is 0.308 e. The summed E-state index contributed by atoms with van der Waals surface area (Å²) in [6.45, 7) is 4.61. The monoisotopic (exact) mass is 222 g/mol. The molecule has 1 aliphatic heterocycles. The lowest BCUT2D eigenvalue weighted by molar-refractivity contribution is 0.508. The summed E-state index contributed by atoms with van der Waals surface area (Å²) in [7, 11) is 0. The summed E-state index contributed by atoms with van der Waals surface area (Å²) in [4.78, 5) is 1.02. The Morgan fingerprint density at radius 3 is 3.07 bits per heavy atom. The van der Waals surface area contributed by atoms with Gasteiger partial charge in [-0.2, -0.15) is 0 Å². The number of fused-ring (bicyclic) bond motifs is 1. The maximum atomic E-state index is 4.20. The van der Waals surface area contributed by atoms with Crippen molar-refractivity contribution in [3.05, 3.63) is 11.5 Å². The first kappa shape index (κ1) is 8.93. The Morgan fingerprint density at radius 1 is 1.33 bits per heavy atom. The highest BCUT2D eigenvalue weighted by Gasteiger charge is 2.19. The molecule has 3 heterocycles. The first-order valence-corrected chi connectivity index (χ1v) is 5.56. The van der Waals surface area contributed by atoms with Crippen LogP contribution >= 0.6 is 11.5 Å². The van der Waals surface area contributed by atoms with Crippen LogP contribution < -0.4 is 5.32 Å². The molecule has 0 atom stereocenters. The molecule has 0 aromatic carbocycles. The zero-order valence-corrected chi connectivity index (χ0v) is 9.08. The molecule has 3 rings (SSSR count). The second-order valence-electron chi connectivity index (χ2n) is 3.46. The molecule has 6 nitrogen and oxygen atoms in total. The molecule has 2 aromatic heterocycles. The summed E-state index contributed by atoms with van der Waals surface area (Å²) in [6, 6.07) is 0. The van der Waals surface area contributed by atoms with Crippen LogP contribution in [0.3, 0.4) is 0 Å². The van der Waals surface area contributed by atoms with Crippen molar-refractivity contribution in [2.45, 2.75) is 20.0 Å². The molecular weight excluding hydrogens is 212 g/mol. The Hall–Kier alpha value is -1.34. The molecule has 0 amide bonds. The predicted octanol–water partition coefficient (Wildman–Crippen LogP) is 0.208. The third-order valence-electron chi connectivity index (χ3n) is 2.48. The Labute approximate surface area is 90.5 Å². The lowest BCUT2D eigenvalue weighted by Crippen LogP contribution is -2.28. The van der Waals surface area contributed by atoms with Gasteiger partial charge < -0.3 is 9.88 Å². The van der Waals surface area contributed by atoms with Gasteiger partial charge >= 0.3 is 0 Å². The number of hydrogen-bond acceptors (Lipinski definition) is 6. The highest BCUT2D eigenvalue weighted by atomic mass is 32.1. The average Bonchev–Trinajstić information content (AvgIpc) is 2.83. The van der Waals surface area contributed by atoms with Gasteiger partial charge in [-0.1, -0.05) is 4.49 Å². The fraction of sp³-hybridized carbons (Fsp3) is 0.500. The van der Waals surface area contributed by atoms with Crippen molar-refractivity contribution >= 4 is 11.5 Å². The SMILES string of the molecule is Cc1nnsc1-c1nnc2n1CCNC2. The van der Waals surface area contributed by atoms with Crippen LogP contribution in [0.15, 0.2) is 0 Å². The van der Waals surface area contributed by atoms with Crippen LogP contribution in [0.1, 0.15) is 11.5 Å². The van der Waals surface area contributed by atoms with Crippen molar-refractivity contribution in [3.63, 3.8) is 0 Å². The van der Waals surface area contributed by atoms with E-state index in [1.807, 2.05) is 6.92 Å². The Kier molecular flexibility index (Phi) is 2.00. The van der Waals surface area contributed by atoms with Crippen molar-refractivity contribution in [2.75, 3.05) is 6.54 Å². The molecule has 0 saturated carbocycles. The molecule has 0 spiro atoms. The minimum Gasteiger partial charge on any atom is -0.308 e. The third-order valence-corrected chi connectivity index (χ3v) is 3.30. The summed E-state index contributed by atoms with van der Waals surface area (Å²) in [5.74, 6) is 1.89. The maximum Gasteiger partial charge on any atom is 0.177 e. The Balaban J connectivity index is 2.13. The molecule has 78 valence electrons. The first-order chi connectivity index (χ1) is 7.36. The Bertz CT molecular complexity index is 487. The highest BCUT2D eigenvalue weighted by Crippen LogP contribution is 2.24. The minimum atomic E-state index is 0.790. The molecular formula is C8H10N6S. The van der Waals surface area contributed by atoms with E-state index < -0.39 is 0 Å². The van der Waals surface area contributed by atoms with Crippen LogP contribution in [0.2, 0.25) is 0 Å². The Morgan fingerprint density at radius 2 is 2.27 bits per heavy atom. The van der Waals surface area contributed by atoms with E-state index in [4.69, 9.17) is 0 Å². The second kappa shape index (κ2) is 3.35. The summed E-state index contributed by atoms with van der Waals surface area (Å²) < 4.78 is 6.06. The van der Waals surface area contributed by atoms with E-state index in [2.05, 4.69) is 29.7 Å². The molecule has 0 unspecified atom stereocenters. The van der Waals surface area contributed by atoms with E-state index in [1.165, 1.54) is 11.5 Å². The molecule has 2 aromatic rings. The van der Waals surface area contributed by atoms with Gasteiger partial charge in [0, 0.05) is 13.1 Å². The number of rotatable bonds is 1. The maximum absolute atomic E-state index is 4.20. The van der Waals surface area contributed by atoms with E-state index in [1.54, 1.807) is 0 Å². The van der Waals surface area contributed by atoms with Crippen LogP contribution in [-0.4, -0.2) is 30.9 Å². The van der Waals surface area contributed by atoms with E-state index in [0.717, 1.165) is 41.9 Å². The molecule has 1 N–H and O–H groups in total. The van der Waals surface area contributed by atoms with Gasteiger partial charge in [-0.3, -0.25) is 0 Å². The van der Waals surface area contributed by atoms with Gasteiger partial charge in [0.05, 0.1) is 12.2 Å². The number of nitrogens with one attached hydrogen (secondary N) is 1. The third kappa shape index (κ3) is 1.35. The number of nitrogens with zero attached hydrogens (tertiary/aromatic N) is 5. The van der Waals surface area contributed by atoms with Crippen LogP contribution in [-0.2, 0) is 13.1 Å². The van der Waals surface area contributed by atoms with Gasteiger partial charge in [0.15, 0.2) is 5.82 Å². The summed E-state index contributed by atoms with van der Waals surface area (Å²) in [5.41, 5.74) is 0.925. The van der Waals surface area contributed by atoms with Crippen molar-refractivity contribution < 1.29 is 0 Å². The average molecular weight is 222 g/mol. The standard InChI is InChI=1S/C8H10N6S/c1-5-7(15-13-10-5)8-12-11-6-4-9-2-3-14(6)8/h9H,2-4H2,1H3.